The highest BCUT2D eigenvalue weighted by Gasteiger charge is 2.18. The summed E-state index contributed by atoms with van der Waals surface area (Å²) in [6, 6.07) is 10.6. The van der Waals surface area contributed by atoms with E-state index < -0.39 is 0 Å². The first kappa shape index (κ1) is 13.5. The van der Waals surface area contributed by atoms with Gasteiger partial charge in [0.15, 0.2) is 0 Å². The normalized spacial score (nSPS) is 12.3. The monoisotopic (exact) mass is 345 g/mol. The third-order valence-corrected chi connectivity index (χ3v) is 4.75. The summed E-state index contributed by atoms with van der Waals surface area (Å²) in [5, 5.41) is 10.7. The number of para-hydroxylation sites is 1. The third kappa shape index (κ3) is 3.10. The molecule has 1 atom stereocenters. The van der Waals surface area contributed by atoms with Crippen molar-refractivity contribution >= 4 is 44.6 Å². The van der Waals surface area contributed by atoms with Crippen LogP contribution in [0.4, 0.5) is 5.69 Å². The van der Waals surface area contributed by atoms with Gasteiger partial charge in [-0.25, -0.2) is 0 Å². The maximum absolute atomic E-state index is 10.9. The molecule has 0 fully saturated rings. The topological polar surface area (TPSA) is 43.1 Å². The lowest BCUT2D eigenvalue weighted by Crippen LogP contribution is -1.99. The molecular weight excluding hydrogens is 338 g/mol. The first-order chi connectivity index (χ1) is 8.58. The largest absolute Gasteiger partial charge is 0.272 e. The highest BCUT2D eigenvalue weighted by atomic mass is 79.9. The van der Waals surface area contributed by atoms with Crippen LogP contribution in [0.3, 0.4) is 0 Å². The minimum Gasteiger partial charge on any atom is -0.258 e. The highest BCUT2D eigenvalue weighted by Crippen LogP contribution is 2.34. The highest BCUT2D eigenvalue weighted by molar-refractivity contribution is 9.11. The number of nitro groups is 1. The fourth-order valence-electron chi connectivity index (χ4n) is 1.65. The van der Waals surface area contributed by atoms with E-state index in [9.17, 15) is 10.1 Å². The van der Waals surface area contributed by atoms with E-state index in [1.54, 1.807) is 29.5 Å². The fraction of sp³-hybridized carbons (Fsp3) is 0.167. The van der Waals surface area contributed by atoms with Crippen molar-refractivity contribution < 1.29 is 4.92 Å². The van der Waals surface area contributed by atoms with E-state index >= 15 is 0 Å². The van der Waals surface area contributed by atoms with Crippen molar-refractivity contribution in [3.63, 3.8) is 0 Å². The van der Waals surface area contributed by atoms with Crippen molar-refractivity contribution in [1.29, 1.82) is 0 Å². The van der Waals surface area contributed by atoms with Gasteiger partial charge in [-0.3, -0.25) is 10.1 Å². The molecule has 1 unspecified atom stereocenters. The second kappa shape index (κ2) is 5.82. The molecule has 6 heteroatoms. The molecule has 94 valence electrons. The van der Waals surface area contributed by atoms with Crippen LogP contribution in [0.15, 0.2) is 40.2 Å². The van der Waals surface area contributed by atoms with Gasteiger partial charge in [0.1, 0.15) is 0 Å². The molecule has 0 spiro atoms. The Morgan fingerprint density at radius 3 is 2.67 bits per heavy atom. The van der Waals surface area contributed by atoms with Crippen LogP contribution in [0.2, 0.25) is 0 Å². The number of thiophene rings is 1. The van der Waals surface area contributed by atoms with Crippen molar-refractivity contribution in [2.24, 2.45) is 0 Å². The Morgan fingerprint density at radius 1 is 1.33 bits per heavy atom. The van der Waals surface area contributed by atoms with Gasteiger partial charge in [0.25, 0.3) is 5.69 Å². The summed E-state index contributed by atoms with van der Waals surface area (Å²) in [5.41, 5.74) is 0.783. The average Bonchev–Trinajstić information content (AvgIpc) is 2.76. The number of hydrogen-bond donors (Lipinski definition) is 0. The molecule has 18 heavy (non-hydrogen) atoms. The fourth-order valence-corrected chi connectivity index (χ4v) is 3.43. The molecule has 1 heterocycles. The molecule has 0 N–H and O–H groups in total. The van der Waals surface area contributed by atoms with Gasteiger partial charge in [0.05, 0.1) is 14.1 Å². The lowest BCUT2D eigenvalue weighted by atomic mass is 10.1. The predicted octanol–water partition coefficient (Wildman–Crippen LogP) is 4.94. The smallest absolute Gasteiger partial charge is 0.258 e. The van der Waals surface area contributed by atoms with Gasteiger partial charge in [-0.05, 0) is 28.1 Å². The minimum absolute atomic E-state index is 0.124. The quantitative estimate of drug-likeness (QED) is 0.447. The van der Waals surface area contributed by atoms with Crippen LogP contribution in [-0.2, 0) is 6.42 Å². The van der Waals surface area contributed by atoms with Crippen LogP contribution in [0.5, 0.6) is 0 Å². The molecule has 0 aliphatic rings. The van der Waals surface area contributed by atoms with Crippen LogP contribution >= 0.6 is 38.9 Å². The summed E-state index contributed by atoms with van der Waals surface area (Å²) < 4.78 is 1.01. The molecular formula is C12H9BrClNO2S. The summed E-state index contributed by atoms with van der Waals surface area (Å²) in [7, 11) is 0. The summed E-state index contributed by atoms with van der Waals surface area (Å²) >= 11 is 11.2. The molecule has 0 radical (unpaired) electrons. The van der Waals surface area contributed by atoms with Gasteiger partial charge in [-0.1, -0.05) is 18.2 Å². The maximum atomic E-state index is 10.9. The van der Waals surface area contributed by atoms with Crippen LogP contribution in [0.25, 0.3) is 0 Å². The van der Waals surface area contributed by atoms with Gasteiger partial charge < -0.3 is 0 Å². The molecule has 1 aromatic carbocycles. The van der Waals surface area contributed by atoms with Gasteiger partial charge in [0.2, 0.25) is 0 Å². The lowest BCUT2D eigenvalue weighted by Gasteiger charge is -2.07. The van der Waals surface area contributed by atoms with E-state index in [1.807, 2.05) is 12.1 Å². The Bertz CT molecular complexity index is 573. The summed E-state index contributed by atoms with van der Waals surface area (Å²) in [5.74, 6) is 0. The molecule has 2 rings (SSSR count). The van der Waals surface area contributed by atoms with E-state index in [0.717, 1.165) is 8.66 Å². The summed E-state index contributed by atoms with van der Waals surface area (Å²) in [6.45, 7) is 0. The molecule has 0 aliphatic heterocycles. The average molecular weight is 347 g/mol. The molecule has 1 aromatic heterocycles. The molecule has 2 aromatic rings. The summed E-state index contributed by atoms with van der Waals surface area (Å²) in [4.78, 5) is 11.5. The van der Waals surface area contributed by atoms with Gasteiger partial charge in [-0.15, -0.1) is 22.9 Å². The number of hydrogen-bond acceptors (Lipinski definition) is 3. The van der Waals surface area contributed by atoms with Crippen molar-refractivity contribution in [1.82, 2.24) is 0 Å². The molecule has 0 aliphatic carbocycles. The first-order valence-electron chi connectivity index (χ1n) is 5.19. The molecule has 3 nitrogen and oxygen atoms in total. The number of alkyl halides is 1. The lowest BCUT2D eigenvalue weighted by molar-refractivity contribution is -0.385. The zero-order valence-electron chi connectivity index (χ0n) is 9.18. The van der Waals surface area contributed by atoms with Crippen molar-refractivity contribution in [2.75, 3.05) is 0 Å². The zero-order valence-corrected chi connectivity index (χ0v) is 12.3. The summed E-state index contributed by atoms with van der Waals surface area (Å²) in [6.07, 6.45) is 0.450. The molecule has 0 saturated carbocycles. The van der Waals surface area contributed by atoms with Gasteiger partial charge in [0, 0.05) is 22.9 Å². The van der Waals surface area contributed by atoms with Crippen LogP contribution in [0.1, 0.15) is 15.8 Å². The molecule has 0 saturated heterocycles. The number of nitro benzene ring substituents is 1. The molecule has 0 bridgehead atoms. The van der Waals surface area contributed by atoms with E-state index in [-0.39, 0.29) is 16.0 Å². The van der Waals surface area contributed by atoms with Crippen LogP contribution in [-0.4, -0.2) is 4.92 Å². The number of rotatable bonds is 4. The third-order valence-electron chi connectivity index (χ3n) is 2.49. The SMILES string of the molecule is O=[N+]([O-])c1ccccc1CC(Cl)c1ccc(Br)s1. The van der Waals surface area contributed by atoms with Crippen molar-refractivity contribution in [3.8, 4) is 0 Å². The molecule has 0 amide bonds. The van der Waals surface area contributed by atoms with E-state index in [4.69, 9.17) is 11.6 Å². The second-order valence-electron chi connectivity index (χ2n) is 3.70. The van der Waals surface area contributed by atoms with Gasteiger partial charge >= 0.3 is 0 Å². The van der Waals surface area contributed by atoms with E-state index in [1.165, 1.54) is 6.07 Å². The minimum atomic E-state index is -0.372. The Balaban J connectivity index is 2.21. The number of halogens is 2. The zero-order chi connectivity index (χ0) is 13.1. The van der Waals surface area contributed by atoms with E-state index in [0.29, 0.717) is 12.0 Å². The first-order valence-corrected chi connectivity index (χ1v) is 7.24. The Morgan fingerprint density at radius 2 is 2.06 bits per heavy atom. The Kier molecular flexibility index (Phi) is 4.37. The predicted molar refractivity (Wildman–Crippen MR) is 77.4 cm³/mol. The van der Waals surface area contributed by atoms with Crippen LogP contribution < -0.4 is 0 Å². The Hall–Kier alpha value is -0.910. The number of benzene rings is 1. The second-order valence-corrected chi connectivity index (χ2v) is 6.72. The standard InChI is InChI=1S/C12H9BrClNO2S/c13-12-6-5-11(18-12)9(14)7-8-3-1-2-4-10(8)15(16)17/h1-6,9H,7H2. The van der Waals surface area contributed by atoms with Gasteiger partial charge in [-0.2, -0.15) is 0 Å². The van der Waals surface area contributed by atoms with Crippen molar-refractivity contribution in [3.05, 3.63) is 60.7 Å². The Labute approximate surface area is 122 Å². The van der Waals surface area contributed by atoms with E-state index in [2.05, 4.69) is 15.9 Å². The van der Waals surface area contributed by atoms with Crippen molar-refractivity contribution in [2.45, 2.75) is 11.8 Å². The number of nitrogens with zero attached hydrogens (tertiary/aromatic N) is 1. The van der Waals surface area contributed by atoms with Crippen LogP contribution in [0, 0.1) is 10.1 Å². The maximum Gasteiger partial charge on any atom is 0.272 e.